The van der Waals surface area contributed by atoms with E-state index >= 15 is 0 Å². The number of carboxylic acids is 1. The summed E-state index contributed by atoms with van der Waals surface area (Å²) in [5, 5.41) is 10.2. The van der Waals surface area contributed by atoms with Crippen LogP contribution in [-0.4, -0.2) is 40.3 Å². The minimum atomic E-state index is -1.03. The molecule has 1 aromatic rings. The molecule has 1 atom stereocenters. The molecule has 1 heterocycles. The molecule has 5 nitrogen and oxygen atoms in total. The van der Waals surface area contributed by atoms with Gasteiger partial charge in [0.2, 0.25) is 0 Å². The Morgan fingerprint density at radius 3 is 2.27 bits per heavy atom. The zero-order valence-corrected chi connectivity index (χ0v) is 16.3. The Morgan fingerprint density at radius 1 is 1.19 bits per heavy atom. The minimum Gasteiger partial charge on any atom is -0.480 e. The number of halogens is 1. The predicted octanol–water partition coefficient (Wildman–Crippen LogP) is 4.20. The SMILES string of the molecule is CC(C)(C)C1CCC2(CC1)OC[C@H](C(=O)O)N2C(=O)c1ccc(Cl)cc1. The van der Waals surface area contributed by atoms with Crippen LogP contribution in [0.1, 0.15) is 56.8 Å². The van der Waals surface area contributed by atoms with Crippen molar-refractivity contribution in [2.75, 3.05) is 6.61 Å². The van der Waals surface area contributed by atoms with Crippen LogP contribution in [0.3, 0.4) is 0 Å². The van der Waals surface area contributed by atoms with Gasteiger partial charge in [0.25, 0.3) is 5.91 Å². The average Bonchev–Trinajstić information content (AvgIpc) is 2.93. The molecule has 0 radical (unpaired) electrons. The average molecular weight is 380 g/mol. The van der Waals surface area contributed by atoms with Gasteiger partial charge < -0.3 is 9.84 Å². The van der Waals surface area contributed by atoms with Gasteiger partial charge in [-0.3, -0.25) is 9.69 Å². The van der Waals surface area contributed by atoms with Gasteiger partial charge in [-0.1, -0.05) is 32.4 Å². The normalized spacial score (nSPS) is 29.2. The molecule has 0 unspecified atom stereocenters. The third kappa shape index (κ3) is 3.47. The second-order valence-electron chi connectivity index (χ2n) is 8.43. The molecule has 2 aliphatic rings. The maximum atomic E-state index is 13.2. The lowest BCUT2D eigenvalue weighted by Crippen LogP contribution is -2.55. The molecule has 0 aromatic heterocycles. The van der Waals surface area contributed by atoms with E-state index in [1.165, 1.54) is 4.90 Å². The van der Waals surface area contributed by atoms with E-state index in [4.69, 9.17) is 16.3 Å². The summed E-state index contributed by atoms with van der Waals surface area (Å²) in [6.07, 6.45) is 3.16. The van der Waals surface area contributed by atoms with Crippen LogP contribution in [-0.2, 0) is 9.53 Å². The highest BCUT2D eigenvalue weighted by Gasteiger charge is 2.54. The van der Waals surface area contributed by atoms with Crippen LogP contribution in [0.25, 0.3) is 0 Å². The van der Waals surface area contributed by atoms with Gasteiger partial charge in [0.1, 0.15) is 5.72 Å². The van der Waals surface area contributed by atoms with Crippen LogP contribution in [0, 0.1) is 11.3 Å². The highest BCUT2D eigenvalue weighted by atomic mass is 35.5. The molecule has 1 amide bonds. The molecule has 1 aliphatic carbocycles. The van der Waals surface area contributed by atoms with E-state index in [1.54, 1.807) is 24.3 Å². The first-order chi connectivity index (χ1) is 12.1. The lowest BCUT2D eigenvalue weighted by Gasteiger charge is -2.46. The Hall–Kier alpha value is -1.59. The van der Waals surface area contributed by atoms with Crippen molar-refractivity contribution in [1.29, 1.82) is 0 Å². The van der Waals surface area contributed by atoms with Crippen molar-refractivity contribution in [3.05, 3.63) is 34.9 Å². The van der Waals surface area contributed by atoms with Crippen LogP contribution in [0.2, 0.25) is 5.02 Å². The number of carboxylic acid groups (broad SMARTS) is 1. The van der Waals surface area contributed by atoms with E-state index in [1.807, 2.05) is 0 Å². The van der Waals surface area contributed by atoms with Gasteiger partial charge in [0, 0.05) is 10.6 Å². The highest BCUT2D eigenvalue weighted by Crippen LogP contribution is 2.47. The summed E-state index contributed by atoms with van der Waals surface area (Å²) in [7, 11) is 0. The molecule has 2 fully saturated rings. The summed E-state index contributed by atoms with van der Waals surface area (Å²) < 4.78 is 5.99. The summed E-state index contributed by atoms with van der Waals surface area (Å²) in [4.78, 5) is 26.4. The van der Waals surface area contributed by atoms with Crippen LogP contribution >= 0.6 is 11.6 Å². The molecule has 1 spiro atoms. The van der Waals surface area contributed by atoms with Gasteiger partial charge >= 0.3 is 5.97 Å². The lowest BCUT2D eigenvalue weighted by atomic mass is 9.70. The second kappa shape index (κ2) is 6.86. The quantitative estimate of drug-likeness (QED) is 0.836. The number of ether oxygens (including phenoxy) is 1. The monoisotopic (exact) mass is 379 g/mol. The van der Waals surface area contributed by atoms with Crippen LogP contribution < -0.4 is 0 Å². The lowest BCUT2D eigenvalue weighted by molar-refractivity contribution is -0.144. The Bertz CT molecular complexity index is 687. The van der Waals surface area contributed by atoms with E-state index in [0.717, 1.165) is 12.8 Å². The summed E-state index contributed by atoms with van der Waals surface area (Å²) in [5.41, 5.74) is -0.192. The van der Waals surface area contributed by atoms with E-state index in [2.05, 4.69) is 20.8 Å². The number of benzene rings is 1. The third-order valence-electron chi connectivity index (χ3n) is 5.85. The van der Waals surface area contributed by atoms with Crippen LogP contribution in [0.4, 0.5) is 0 Å². The number of hydrogen-bond acceptors (Lipinski definition) is 3. The van der Waals surface area contributed by atoms with Crippen LogP contribution in [0.5, 0.6) is 0 Å². The van der Waals surface area contributed by atoms with Crippen molar-refractivity contribution in [3.8, 4) is 0 Å². The Labute approximate surface area is 159 Å². The maximum Gasteiger partial charge on any atom is 0.328 e. The zero-order valence-electron chi connectivity index (χ0n) is 15.5. The Kier molecular flexibility index (Phi) is 5.06. The standard InChI is InChI=1S/C20H26ClNO4/c1-19(2,3)14-8-10-20(11-9-14)22(16(12-26-20)18(24)25)17(23)13-4-6-15(21)7-5-13/h4-7,14,16H,8-12H2,1-3H3,(H,24,25)/t14?,16-,20?/m1/s1. The smallest absolute Gasteiger partial charge is 0.328 e. The largest absolute Gasteiger partial charge is 0.480 e. The summed E-state index contributed by atoms with van der Waals surface area (Å²) in [6, 6.07) is 5.60. The Morgan fingerprint density at radius 2 is 1.77 bits per heavy atom. The number of carbonyl (C=O) groups is 2. The second-order valence-corrected chi connectivity index (χ2v) is 8.87. The predicted molar refractivity (Wildman–Crippen MR) is 99.1 cm³/mol. The van der Waals surface area contributed by atoms with Crippen molar-refractivity contribution in [1.82, 2.24) is 4.90 Å². The van der Waals surface area contributed by atoms with Gasteiger partial charge in [-0.25, -0.2) is 4.79 Å². The number of carbonyl (C=O) groups excluding carboxylic acids is 1. The maximum absolute atomic E-state index is 13.2. The number of aliphatic carboxylic acids is 1. The number of hydrogen-bond donors (Lipinski definition) is 1. The van der Waals surface area contributed by atoms with E-state index in [-0.39, 0.29) is 17.9 Å². The van der Waals surface area contributed by atoms with Crippen molar-refractivity contribution >= 4 is 23.5 Å². The number of rotatable bonds is 2. The molecule has 26 heavy (non-hydrogen) atoms. The molecule has 1 saturated carbocycles. The molecule has 1 aromatic carbocycles. The van der Waals surface area contributed by atoms with E-state index < -0.39 is 17.7 Å². The van der Waals surface area contributed by atoms with E-state index in [0.29, 0.717) is 29.3 Å². The van der Waals surface area contributed by atoms with E-state index in [9.17, 15) is 14.7 Å². The molecule has 3 rings (SSSR count). The highest BCUT2D eigenvalue weighted by molar-refractivity contribution is 6.30. The van der Waals surface area contributed by atoms with Crippen LogP contribution in [0.15, 0.2) is 24.3 Å². The van der Waals surface area contributed by atoms with Gasteiger partial charge in [0.05, 0.1) is 6.61 Å². The Balaban J connectivity index is 1.89. The zero-order chi connectivity index (χ0) is 19.1. The molecular weight excluding hydrogens is 354 g/mol. The van der Waals surface area contributed by atoms with Gasteiger partial charge in [-0.15, -0.1) is 0 Å². The van der Waals surface area contributed by atoms with Crippen molar-refractivity contribution in [2.24, 2.45) is 11.3 Å². The third-order valence-corrected chi connectivity index (χ3v) is 6.10. The minimum absolute atomic E-state index is 0.0366. The first kappa shape index (κ1) is 19.2. The fourth-order valence-corrected chi connectivity index (χ4v) is 4.35. The fraction of sp³-hybridized carbons (Fsp3) is 0.600. The molecule has 142 valence electrons. The molecule has 0 bridgehead atoms. The van der Waals surface area contributed by atoms with Crippen molar-refractivity contribution in [3.63, 3.8) is 0 Å². The number of nitrogens with zero attached hydrogens (tertiary/aromatic N) is 1. The first-order valence-corrected chi connectivity index (χ1v) is 9.48. The molecule has 1 saturated heterocycles. The summed E-state index contributed by atoms with van der Waals surface area (Å²) >= 11 is 5.91. The van der Waals surface area contributed by atoms with Gasteiger partial charge in [0.15, 0.2) is 6.04 Å². The summed E-state index contributed by atoms with van der Waals surface area (Å²) in [6.45, 7) is 6.71. The number of amides is 1. The molecule has 6 heteroatoms. The molecule has 1 N–H and O–H groups in total. The van der Waals surface area contributed by atoms with Crippen molar-refractivity contribution in [2.45, 2.75) is 58.2 Å². The fourth-order valence-electron chi connectivity index (χ4n) is 4.22. The summed E-state index contributed by atoms with van der Waals surface area (Å²) in [5.74, 6) is -0.795. The topological polar surface area (TPSA) is 66.8 Å². The first-order valence-electron chi connectivity index (χ1n) is 9.10. The van der Waals surface area contributed by atoms with Gasteiger partial charge in [-0.2, -0.15) is 0 Å². The molecule has 1 aliphatic heterocycles. The van der Waals surface area contributed by atoms with Gasteiger partial charge in [-0.05, 0) is 61.3 Å². The molecular formula is C20H26ClNO4. The van der Waals surface area contributed by atoms with Crippen molar-refractivity contribution < 1.29 is 19.4 Å².